The number of benzene rings is 1. The summed E-state index contributed by atoms with van der Waals surface area (Å²) < 4.78 is 7.15. The fourth-order valence-corrected chi connectivity index (χ4v) is 5.38. The van der Waals surface area contributed by atoms with E-state index in [0.717, 1.165) is 45.4 Å². The number of rotatable bonds is 10. The molecule has 0 radical (unpaired) electrons. The minimum atomic E-state index is 0.0124. The Morgan fingerprint density at radius 2 is 1.86 bits per heavy atom. The molecule has 1 aromatic carbocycles. The maximum atomic E-state index is 13.4. The minimum Gasteiger partial charge on any atom is -0.383 e. The second-order valence-electron chi connectivity index (χ2n) is 9.66. The van der Waals surface area contributed by atoms with Crippen LogP contribution in [0.2, 0.25) is 0 Å². The summed E-state index contributed by atoms with van der Waals surface area (Å²) in [6, 6.07) is 17.0. The van der Waals surface area contributed by atoms with Crippen LogP contribution in [-0.2, 0) is 17.7 Å². The van der Waals surface area contributed by atoms with Gasteiger partial charge in [-0.05, 0) is 48.4 Å². The van der Waals surface area contributed by atoms with Gasteiger partial charge in [0.2, 0.25) is 0 Å². The largest absolute Gasteiger partial charge is 0.383 e. The highest BCUT2D eigenvalue weighted by Crippen LogP contribution is 2.29. The molecule has 0 N–H and O–H groups in total. The number of piperidine rings is 1. The van der Waals surface area contributed by atoms with Crippen molar-refractivity contribution in [3.05, 3.63) is 96.2 Å². The third-order valence-corrected chi connectivity index (χ3v) is 7.33. The molecule has 1 unspecified atom stereocenters. The van der Waals surface area contributed by atoms with Gasteiger partial charge in [0.1, 0.15) is 5.56 Å². The number of fused-ring (bicyclic) bond motifs is 1. The van der Waals surface area contributed by atoms with Gasteiger partial charge in [0.05, 0.1) is 12.8 Å². The SMILES string of the molecule is COCCN(Cc1cccnc1)C(Cc1ccccc1)C1CCN(C(=O)c2cnn3cccnc23)CC1. The van der Waals surface area contributed by atoms with Crippen LogP contribution in [0.1, 0.15) is 34.3 Å². The number of methoxy groups -OCH3 is 1. The summed E-state index contributed by atoms with van der Waals surface area (Å²) in [6.45, 7) is 3.79. The summed E-state index contributed by atoms with van der Waals surface area (Å²) >= 11 is 0. The minimum absolute atomic E-state index is 0.0124. The quantitative estimate of drug-likeness (QED) is 0.332. The van der Waals surface area contributed by atoms with E-state index >= 15 is 0 Å². The van der Waals surface area contributed by atoms with Gasteiger partial charge in [-0.3, -0.25) is 14.7 Å². The van der Waals surface area contributed by atoms with Crippen LogP contribution < -0.4 is 0 Å². The Bertz CT molecular complexity index is 1270. The van der Waals surface area contributed by atoms with E-state index in [2.05, 4.69) is 56.4 Å². The highest BCUT2D eigenvalue weighted by molar-refractivity contribution is 5.99. The van der Waals surface area contributed by atoms with Crippen LogP contribution in [0, 0.1) is 5.92 Å². The molecule has 8 nitrogen and oxygen atoms in total. The smallest absolute Gasteiger partial charge is 0.259 e. The van der Waals surface area contributed by atoms with E-state index in [4.69, 9.17) is 4.74 Å². The van der Waals surface area contributed by atoms with Crippen molar-refractivity contribution in [1.29, 1.82) is 0 Å². The van der Waals surface area contributed by atoms with Crippen LogP contribution in [0.5, 0.6) is 0 Å². The van der Waals surface area contributed by atoms with Gasteiger partial charge in [0.25, 0.3) is 5.91 Å². The molecule has 4 aromatic rings. The average Bonchev–Trinajstić information content (AvgIpc) is 3.39. The molecule has 0 saturated carbocycles. The summed E-state index contributed by atoms with van der Waals surface area (Å²) in [5, 5.41) is 4.30. The molecule has 1 saturated heterocycles. The predicted molar refractivity (Wildman–Crippen MR) is 142 cm³/mol. The fraction of sp³-hybridized carbons (Fsp3) is 0.379. The third-order valence-electron chi connectivity index (χ3n) is 7.33. The van der Waals surface area contributed by atoms with Gasteiger partial charge in [-0.15, -0.1) is 0 Å². The number of pyridine rings is 1. The summed E-state index contributed by atoms with van der Waals surface area (Å²) in [4.78, 5) is 26.6. The summed E-state index contributed by atoms with van der Waals surface area (Å²) in [5.74, 6) is 0.471. The van der Waals surface area contributed by atoms with E-state index in [1.54, 1.807) is 24.0 Å². The molecule has 3 aromatic heterocycles. The fourth-order valence-electron chi connectivity index (χ4n) is 5.38. The first-order valence-electron chi connectivity index (χ1n) is 13.0. The van der Waals surface area contributed by atoms with E-state index in [-0.39, 0.29) is 5.91 Å². The van der Waals surface area contributed by atoms with Gasteiger partial charge < -0.3 is 9.64 Å². The number of aromatic nitrogens is 4. The Balaban J connectivity index is 1.33. The number of carbonyl (C=O) groups is 1. The number of likely N-dealkylation sites (tertiary alicyclic amines) is 1. The standard InChI is InChI=1S/C29H34N6O2/c1-37-18-17-34(22-24-9-5-12-30-20-24)27(19-23-7-3-2-4-8-23)25-10-15-33(16-11-25)29(36)26-21-32-35-14-6-13-31-28(26)35/h2-9,12-14,20-21,25,27H,10-11,15-19,22H2,1H3. The van der Waals surface area contributed by atoms with Crippen molar-refractivity contribution in [3.8, 4) is 0 Å². The van der Waals surface area contributed by atoms with E-state index in [1.807, 2.05) is 35.6 Å². The van der Waals surface area contributed by atoms with Crippen LogP contribution in [-0.4, -0.2) is 74.7 Å². The molecular formula is C29H34N6O2. The summed E-state index contributed by atoms with van der Waals surface area (Å²) in [7, 11) is 1.76. The molecule has 0 bridgehead atoms. The number of nitrogens with zero attached hydrogens (tertiary/aromatic N) is 6. The van der Waals surface area contributed by atoms with Crippen molar-refractivity contribution in [2.75, 3.05) is 33.4 Å². The number of amides is 1. The van der Waals surface area contributed by atoms with Crippen LogP contribution in [0.15, 0.2) is 79.5 Å². The molecular weight excluding hydrogens is 464 g/mol. The molecule has 1 aliphatic heterocycles. The summed E-state index contributed by atoms with van der Waals surface area (Å²) in [6.07, 6.45) is 11.8. The van der Waals surface area contributed by atoms with Gasteiger partial charge in [0.15, 0.2) is 5.65 Å². The second-order valence-corrected chi connectivity index (χ2v) is 9.66. The average molecular weight is 499 g/mol. The van der Waals surface area contributed by atoms with Crippen LogP contribution in [0.25, 0.3) is 5.65 Å². The first kappa shape index (κ1) is 25.0. The highest BCUT2D eigenvalue weighted by atomic mass is 16.5. The van der Waals surface area contributed by atoms with Gasteiger partial charge >= 0.3 is 0 Å². The molecule has 5 rings (SSSR count). The molecule has 0 spiro atoms. The number of carbonyl (C=O) groups excluding carboxylic acids is 1. The zero-order chi connectivity index (χ0) is 25.5. The Hall–Kier alpha value is -3.62. The Labute approximate surface area is 217 Å². The zero-order valence-electron chi connectivity index (χ0n) is 21.3. The number of hydrogen-bond donors (Lipinski definition) is 0. The first-order valence-corrected chi connectivity index (χ1v) is 13.0. The lowest BCUT2D eigenvalue weighted by molar-refractivity contribution is 0.0486. The van der Waals surface area contributed by atoms with Gasteiger partial charge in [0, 0.05) is 64.1 Å². The van der Waals surface area contributed by atoms with Crippen molar-refractivity contribution in [2.24, 2.45) is 5.92 Å². The van der Waals surface area contributed by atoms with E-state index in [1.165, 1.54) is 11.1 Å². The van der Waals surface area contributed by atoms with Crippen LogP contribution in [0.3, 0.4) is 0 Å². The van der Waals surface area contributed by atoms with Crippen LogP contribution >= 0.6 is 0 Å². The van der Waals surface area contributed by atoms with Gasteiger partial charge in [-0.1, -0.05) is 36.4 Å². The van der Waals surface area contributed by atoms with Gasteiger partial charge in [-0.25, -0.2) is 9.50 Å². The molecule has 1 amide bonds. The van der Waals surface area contributed by atoms with Crippen molar-refractivity contribution >= 4 is 11.6 Å². The molecule has 4 heterocycles. The van der Waals surface area contributed by atoms with Crippen LogP contribution in [0.4, 0.5) is 0 Å². The lowest BCUT2D eigenvalue weighted by Gasteiger charge is -2.41. The Morgan fingerprint density at radius 3 is 2.62 bits per heavy atom. The lowest BCUT2D eigenvalue weighted by Crippen LogP contribution is -2.48. The Kier molecular flexibility index (Phi) is 8.18. The van der Waals surface area contributed by atoms with E-state index in [0.29, 0.717) is 29.8 Å². The summed E-state index contributed by atoms with van der Waals surface area (Å²) in [5.41, 5.74) is 3.71. The first-order chi connectivity index (χ1) is 18.2. The predicted octanol–water partition coefficient (Wildman–Crippen LogP) is 3.74. The normalized spacial score (nSPS) is 15.4. The molecule has 8 heteroatoms. The topological polar surface area (TPSA) is 75.9 Å². The monoisotopic (exact) mass is 498 g/mol. The molecule has 1 atom stereocenters. The molecule has 1 fully saturated rings. The highest BCUT2D eigenvalue weighted by Gasteiger charge is 2.33. The maximum Gasteiger partial charge on any atom is 0.259 e. The van der Waals surface area contributed by atoms with Crippen molar-refractivity contribution in [1.82, 2.24) is 29.4 Å². The number of ether oxygens (including phenoxy) is 1. The van der Waals surface area contributed by atoms with Crippen molar-refractivity contribution in [2.45, 2.75) is 31.8 Å². The molecule has 0 aliphatic carbocycles. The maximum absolute atomic E-state index is 13.4. The third kappa shape index (κ3) is 6.03. The number of hydrogen-bond acceptors (Lipinski definition) is 6. The van der Waals surface area contributed by atoms with Gasteiger partial charge in [-0.2, -0.15) is 5.10 Å². The molecule has 192 valence electrons. The second kappa shape index (κ2) is 12.1. The Morgan fingerprint density at radius 1 is 1.05 bits per heavy atom. The van der Waals surface area contributed by atoms with E-state index < -0.39 is 0 Å². The van der Waals surface area contributed by atoms with Crippen molar-refractivity contribution < 1.29 is 9.53 Å². The van der Waals surface area contributed by atoms with E-state index in [9.17, 15) is 4.79 Å². The zero-order valence-corrected chi connectivity index (χ0v) is 21.3. The van der Waals surface area contributed by atoms with Crippen molar-refractivity contribution in [3.63, 3.8) is 0 Å². The molecule has 1 aliphatic rings. The molecule has 37 heavy (non-hydrogen) atoms. The lowest BCUT2D eigenvalue weighted by atomic mass is 9.84.